The zero-order valence-corrected chi connectivity index (χ0v) is 9.05. The molecule has 0 aromatic carbocycles. The molecule has 2 fully saturated rings. The minimum atomic E-state index is -1.51. The Morgan fingerprint density at radius 3 is 2.06 bits per heavy atom. The number of ketones is 3. The third-order valence-corrected chi connectivity index (χ3v) is 3.03. The van der Waals surface area contributed by atoms with Crippen molar-refractivity contribution < 1.29 is 29.0 Å². The van der Waals surface area contributed by atoms with E-state index in [0.717, 1.165) is 12.8 Å². The van der Waals surface area contributed by atoms with Gasteiger partial charge in [0.25, 0.3) is 0 Å². The molecule has 0 aromatic rings. The Morgan fingerprint density at radius 1 is 1.12 bits per heavy atom. The maximum atomic E-state index is 11.7. The predicted molar refractivity (Wildman–Crippen MR) is 53.4 cm³/mol. The largest absolute Gasteiger partial charge is 0.506 e. The van der Waals surface area contributed by atoms with E-state index in [1.807, 2.05) is 0 Å². The van der Waals surface area contributed by atoms with Gasteiger partial charge in [0, 0.05) is 18.8 Å². The summed E-state index contributed by atoms with van der Waals surface area (Å²) in [4.78, 5) is 45.3. The number of Topliss-reactive ketones (excluding diaryl/α,β-unsaturated/α-hetero) is 3. The van der Waals surface area contributed by atoms with Crippen molar-refractivity contribution in [2.75, 3.05) is 0 Å². The van der Waals surface area contributed by atoms with E-state index in [9.17, 15) is 19.2 Å². The predicted octanol–water partition coefficient (Wildman–Crippen LogP) is 0.577. The first-order valence-electron chi connectivity index (χ1n) is 5.47. The van der Waals surface area contributed by atoms with E-state index in [-0.39, 0.29) is 24.5 Å². The highest BCUT2D eigenvalue weighted by molar-refractivity contribution is 6.21. The SMILES string of the molecule is O=C(O)OC1CC(=O)C(C(=O)C2CC2)C(=O)C1. The van der Waals surface area contributed by atoms with Crippen molar-refractivity contribution in [3.63, 3.8) is 0 Å². The van der Waals surface area contributed by atoms with Gasteiger partial charge in [0.15, 0.2) is 17.3 Å². The zero-order valence-electron chi connectivity index (χ0n) is 9.05. The summed E-state index contributed by atoms with van der Waals surface area (Å²) in [5.41, 5.74) is 0. The Balaban J connectivity index is 2.03. The molecule has 92 valence electrons. The van der Waals surface area contributed by atoms with Gasteiger partial charge in [-0.1, -0.05) is 0 Å². The number of rotatable bonds is 3. The van der Waals surface area contributed by atoms with Gasteiger partial charge >= 0.3 is 6.16 Å². The first-order chi connectivity index (χ1) is 7.99. The van der Waals surface area contributed by atoms with Gasteiger partial charge in [-0.05, 0) is 12.8 Å². The van der Waals surface area contributed by atoms with E-state index in [4.69, 9.17) is 5.11 Å². The van der Waals surface area contributed by atoms with Crippen LogP contribution in [-0.2, 0) is 19.1 Å². The number of carbonyl (C=O) groups is 4. The van der Waals surface area contributed by atoms with Crippen LogP contribution < -0.4 is 0 Å². The van der Waals surface area contributed by atoms with Crippen LogP contribution in [0.2, 0.25) is 0 Å². The molecule has 0 heterocycles. The van der Waals surface area contributed by atoms with Crippen molar-refractivity contribution >= 4 is 23.5 Å². The van der Waals surface area contributed by atoms with Gasteiger partial charge in [-0.3, -0.25) is 14.4 Å². The molecule has 0 aromatic heterocycles. The third kappa shape index (κ3) is 2.51. The van der Waals surface area contributed by atoms with E-state index in [1.165, 1.54) is 0 Å². The summed E-state index contributed by atoms with van der Waals surface area (Å²) in [6.45, 7) is 0. The Morgan fingerprint density at radius 2 is 1.65 bits per heavy atom. The lowest BCUT2D eigenvalue weighted by molar-refractivity contribution is -0.145. The summed E-state index contributed by atoms with van der Waals surface area (Å²) in [5, 5.41) is 8.40. The lowest BCUT2D eigenvalue weighted by atomic mass is 9.81. The molecule has 2 aliphatic rings. The van der Waals surface area contributed by atoms with Gasteiger partial charge < -0.3 is 9.84 Å². The minimum Gasteiger partial charge on any atom is -0.450 e. The second kappa shape index (κ2) is 4.27. The minimum absolute atomic E-state index is 0.148. The highest BCUT2D eigenvalue weighted by atomic mass is 16.7. The molecular formula is C11H12O6. The Labute approximate surface area is 96.9 Å². The molecule has 1 N–H and O–H groups in total. The van der Waals surface area contributed by atoms with Crippen molar-refractivity contribution in [1.29, 1.82) is 0 Å². The van der Waals surface area contributed by atoms with E-state index in [0.29, 0.717) is 0 Å². The zero-order chi connectivity index (χ0) is 12.6. The molecule has 0 unspecified atom stereocenters. The summed E-state index contributed by atoms with van der Waals surface area (Å²) in [6.07, 6.45) is -1.32. The van der Waals surface area contributed by atoms with Gasteiger partial charge in [-0.25, -0.2) is 4.79 Å². The summed E-state index contributed by atoms with van der Waals surface area (Å²) >= 11 is 0. The fourth-order valence-electron chi connectivity index (χ4n) is 2.08. The Hall–Kier alpha value is -1.72. The number of carbonyl (C=O) groups excluding carboxylic acids is 3. The summed E-state index contributed by atoms with van der Waals surface area (Å²) in [6, 6.07) is 0. The number of ether oxygens (including phenoxy) is 1. The lowest BCUT2D eigenvalue weighted by Gasteiger charge is -2.24. The molecule has 17 heavy (non-hydrogen) atoms. The van der Waals surface area contributed by atoms with Gasteiger partial charge in [-0.2, -0.15) is 0 Å². The van der Waals surface area contributed by atoms with Crippen molar-refractivity contribution in [3.8, 4) is 0 Å². The van der Waals surface area contributed by atoms with Crippen molar-refractivity contribution in [3.05, 3.63) is 0 Å². The molecular weight excluding hydrogens is 228 g/mol. The smallest absolute Gasteiger partial charge is 0.450 e. The quantitative estimate of drug-likeness (QED) is 0.572. The highest BCUT2D eigenvalue weighted by Gasteiger charge is 2.46. The van der Waals surface area contributed by atoms with Crippen LogP contribution in [0, 0.1) is 11.8 Å². The summed E-state index contributed by atoms with van der Waals surface area (Å²) in [7, 11) is 0. The summed E-state index contributed by atoms with van der Waals surface area (Å²) in [5.74, 6) is -2.64. The number of hydrogen-bond acceptors (Lipinski definition) is 5. The van der Waals surface area contributed by atoms with E-state index < -0.39 is 29.7 Å². The molecule has 2 rings (SSSR count). The third-order valence-electron chi connectivity index (χ3n) is 3.03. The fourth-order valence-corrected chi connectivity index (χ4v) is 2.08. The van der Waals surface area contributed by atoms with Gasteiger partial charge in [0.2, 0.25) is 0 Å². The van der Waals surface area contributed by atoms with Gasteiger partial charge in [0.1, 0.15) is 12.0 Å². The molecule has 0 radical (unpaired) electrons. The number of hydrogen-bond donors (Lipinski definition) is 1. The maximum Gasteiger partial charge on any atom is 0.506 e. The normalized spacial score (nSPS) is 28.9. The first-order valence-corrected chi connectivity index (χ1v) is 5.47. The average molecular weight is 240 g/mol. The number of carboxylic acid groups (broad SMARTS) is 1. The lowest BCUT2D eigenvalue weighted by Crippen LogP contribution is -2.42. The van der Waals surface area contributed by atoms with Crippen LogP contribution in [0.25, 0.3) is 0 Å². The maximum absolute atomic E-state index is 11.7. The Bertz CT molecular complexity index is 377. The van der Waals surface area contributed by atoms with Crippen molar-refractivity contribution in [1.82, 2.24) is 0 Å². The monoisotopic (exact) mass is 240 g/mol. The summed E-state index contributed by atoms with van der Waals surface area (Å²) < 4.78 is 4.40. The van der Waals surface area contributed by atoms with Crippen LogP contribution >= 0.6 is 0 Å². The average Bonchev–Trinajstić information content (AvgIpc) is 2.97. The molecule has 6 nitrogen and oxygen atoms in total. The molecule has 0 atom stereocenters. The highest BCUT2D eigenvalue weighted by Crippen LogP contribution is 2.35. The van der Waals surface area contributed by atoms with Crippen LogP contribution in [0.3, 0.4) is 0 Å². The molecule has 0 bridgehead atoms. The van der Waals surface area contributed by atoms with E-state index in [2.05, 4.69) is 4.74 Å². The van der Waals surface area contributed by atoms with Crippen molar-refractivity contribution in [2.45, 2.75) is 31.8 Å². The van der Waals surface area contributed by atoms with Crippen LogP contribution in [0.4, 0.5) is 4.79 Å². The molecule has 0 amide bonds. The molecule has 0 saturated heterocycles. The van der Waals surface area contributed by atoms with Crippen LogP contribution in [-0.4, -0.2) is 34.7 Å². The first kappa shape index (κ1) is 11.8. The van der Waals surface area contributed by atoms with Crippen LogP contribution in [0.15, 0.2) is 0 Å². The van der Waals surface area contributed by atoms with Crippen molar-refractivity contribution in [2.24, 2.45) is 11.8 Å². The van der Waals surface area contributed by atoms with Gasteiger partial charge in [-0.15, -0.1) is 0 Å². The Kier molecular flexibility index (Phi) is 2.95. The standard InChI is InChI=1S/C11H12O6/c12-7-3-6(17-11(15)16)4-8(13)9(7)10(14)5-1-2-5/h5-6,9H,1-4H2,(H,15,16). The van der Waals surface area contributed by atoms with E-state index in [1.54, 1.807) is 0 Å². The molecule has 6 heteroatoms. The van der Waals surface area contributed by atoms with E-state index >= 15 is 0 Å². The molecule has 0 spiro atoms. The molecule has 0 aliphatic heterocycles. The second-order valence-electron chi connectivity index (χ2n) is 4.46. The topological polar surface area (TPSA) is 97.7 Å². The van der Waals surface area contributed by atoms with Crippen LogP contribution in [0.1, 0.15) is 25.7 Å². The fraction of sp³-hybridized carbons (Fsp3) is 0.636. The van der Waals surface area contributed by atoms with Crippen LogP contribution in [0.5, 0.6) is 0 Å². The molecule has 2 saturated carbocycles. The van der Waals surface area contributed by atoms with Gasteiger partial charge in [0.05, 0.1) is 0 Å². The second-order valence-corrected chi connectivity index (χ2v) is 4.46. The molecule has 2 aliphatic carbocycles.